The summed E-state index contributed by atoms with van der Waals surface area (Å²) in [6.07, 6.45) is -3.49. The Bertz CT molecular complexity index is 1420. The molecular weight excluding hydrogens is 597 g/mol. The number of rotatable bonds is 8. The third-order valence-corrected chi connectivity index (χ3v) is 7.77. The van der Waals surface area contributed by atoms with Gasteiger partial charge in [0, 0.05) is 18.6 Å². The summed E-state index contributed by atoms with van der Waals surface area (Å²) in [5.74, 6) is -0.872. The molecule has 0 radical (unpaired) electrons. The Morgan fingerprint density at radius 2 is 1.76 bits per heavy atom. The summed E-state index contributed by atoms with van der Waals surface area (Å²) in [5, 5.41) is 3.25. The number of alkyl halides is 3. The molecule has 0 aliphatic heterocycles. The SMILES string of the molecule is CN(C)c1ccc(/C=N/NC(=O)CN(c2ccc(Cl)c(C(F)(F)F)c2)S(=O)(=O)c2ccccc2)cc1Br. The van der Waals surface area contributed by atoms with Gasteiger partial charge in [0.05, 0.1) is 33.1 Å². The number of hydrogen-bond donors (Lipinski definition) is 1. The smallest absolute Gasteiger partial charge is 0.377 e. The molecule has 196 valence electrons. The number of halogens is 5. The molecule has 3 aromatic carbocycles. The van der Waals surface area contributed by atoms with Gasteiger partial charge >= 0.3 is 6.18 Å². The fourth-order valence-electron chi connectivity index (χ4n) is 3.23. The fourth-order valence-corrected chi connectivity index (χ4v) is 5.64. The highest BCUT2D eigenvalue weighted by atomic mass is 79.9. The summed E-state index contributed by atoms with van der Waals surface area (Å²) in [4.78, 5) is 14.3. The van der Waals surface area contributed by atoms with Crippen molar-refractivity contribution in [3.05, 3.63) is 87.4 Å². The van der Waals surface area contributed by atoms with Crippen LogP contribution in [0.4, 0.5) is 24.5 Å². The van der Waals surface area contributed by atoms with Gasteiger partial charge in [0.15, 0.2) is 0 Å². The zero-order valence-electron chi connectivity index (χ0n) is 19.5. The van der Waals surface area contributed by atoms with Gasteiger partial charge < -0.3 is 4.90 Å². The molecule has 0 fully saturated rings. The zero-order valence-corrected chi connectivity index (χ0v) is 22.7. The Morgan fingerprint density at radius 1 is 1.08 bits per heavy atom. The summed E-state index contributed by atoms with van der Waals surface area (Å²) < 4.78 is 68.3. The van der Waals surface area contributed by atoms with E-state index >= 15 is 0 Å². The van der Waals surface area contributed by atoms with Crippen molar-refractivity contribution in [2.45, 2.75) is 11.1 Å². The predicted molar refractivity (Wildman–Crippen MR) is 142 cm³/mol. The minimum absolute atomic E-state index is 0.208. The van der Waals surface area contributed by atoms with Crippen molar-refractivity contribution >= 4 is 61.1 Å². The lowest BCUT2D eigenvalue weighted by Gasteiger charge is -2.24. The van der Waals surface area contributed by atoms with E-state index in [1.54, 1.807) is 18.2 Å². The van der Waals surface area contributed by atoms with Gasteiger partial charge in [-0.05, 0) is 64.0 Å². The number of amides is 1. The van der Waals surface area contributed by atoms with Gasteiger partial charge in [-0.15, -0.1) is 0 Å². The van der Waals surface area contributed by atoms with Gasteiger partial charge in [0.1, 0.15) is 6.54 Å². The number of nitrogens with one attached hydrogen (secondary N) is 1. The normalized spacial score (nSPS) is 12.0. The Kier molecular flexibility index (Phi) is 8.88. The molecule has 7 nitrogen and oxygen atoms in total. The van der Waals surface area contributed by atoms with E-state index in [1.807, 2.05) is 25.1 Å². The third kappa shape index (κ3) is 7.02. The first-order chi connectivity index (χ1) is 17.3. The molecule has 0 spiro atoms. The molecule has 1 N–H and O–H groups in total. The molecule has 0 bridgehead atoms. The minimum atomic E-state index is -4.84. The van der Waals surface area contributed by atoms with Crippen LogP contribution >= 0.6 is 27.5 Å². The van der Waals surface area contributed by atoms with Gasteiger partial charge in [-0.3, -0.25) is 9.10 Å². The summed E-state index contributed by atoms with van der Waals surface area (Å²) in [7, 11) is -0.667. The number of carbonyl (C=O) groups excluding carboxylic acids is 1. The Hall–Kier alpha value is -3.09. The Labute approximate surface area is 225 Å². The predicted octanol–water partition coefficient (Wildman–Crippen LogP) is 5.53. The van der Waals surface area contributed by atoms with Gasteiger partial charge in [-0.1, -0.05) is 35.9 Å². The molecular formula is C24H21BrClF3N4O3S. The monoisotopic (exact) mass is 616 g/mol. The van der Waals surface area contributed by atoms with E-state index in [0.717, 1.165) is 22.3 Å². The lowest BCUT2D eigenvalue weighted by atomic mass is 10.2. The Balaban J connectivity index is 1.90. The van der Waals surface area contributed by atoms with Crippen LogP contribution < -0.4 is 14.6 Å². The molecule has 3 rings (SSSR count). The lowest BCUT2D eigenvalue weighted by molar-refractivity contribution is -0.137. The highest BCUT2D eigenvalue weighted by Gasteiger charge is 2.35. The van der Waals surface area contributed by atoms with Crippen LogP contribution in [0.3, 0.4) is 0 Å². The van der Waals surface area contributed by atoms with E-state index in [4.69, 9.17) is 11.6 Å². The van der Waals surface area contributed by atoms with Crippen LogP contribution in [0.5, 0.6) is 0 Å². The first kappa shape index (κ1) is 28.5. The van der Waals surface area contributed by atoms with Crippen LogP contribution in [0.25, 0.3) is 0 Å². The number of benzene rings is 3. The van der Waals surface area contributed by atoms with Crippen LogP contribution in [0.1, 0.15) is 11.1 Å². The van der Waals surface area contributed by atoms with E-state index in [-0.39, 0.29) is 10.6 Å². The molecule has 0 aromatic heterocycles. The summed E-state index contributed by atoms with van der Waals surface area (Å²) in [6, 6.07) is 15.0. The third-order valence-electron chi connectivity index (χ3n) is 5.02. The number of anilines is 2. The number of nitrogens with zero attached hydrogens (tertiary/aromatic N) is 3. The maximum absolute atomic E-state index is 13.4. The maximum Gasteiger partial charge on any atom is 0.417 e. The molecule has 0 saturated heterocycles. The number of hydrogen-bond acceptors (Lipinski definition) is 5. The maximum atomic E-state index is 13.4. The van der Waals surface area contributed by atoms with Crippen molar-refractivity contribution in [3.63, 3.8) is 0 Å². The topological polar surface area (TPSA) is 82.1 Å². The molecule has 0 aliphatic carbocycles. The molecule has 3 aromatic rings. The van der Waals surface area contributed by atoms with Crippen LogP contribution in [0, 0.1) is 0 Å². The number of sulfonamides is 1. The van der Waals surface area contributed by atoms with E-state index in [2.05, 4.69) is 26.5 Å². The number of carbonyl (C=O) groups is 1. The summed E-state index contributed by atoms with van der Waals surface area (Å²) >= 11 is 9.14. The Morgan fingerprint density at radius 3 is 2.35 bits per heavy atom. The second-order valence-corrected chi connectivity index (χ2v) is 11.0. The highest BCUT2D eigenvalue weighted by Crippen LogP contribution is 2.38. The molecule has 0 unspecified atom stereocenters. The molecule has 0 saturated carbocycles. The van der Waals surface area contributed by atoms with E-state index in [1.165, 1.54) is 30.5 Å². The minimum Gasteiger partial charge on any atom is -0.377 e. The van der Waals surface area contributed by atoms with E-state index in [9.17, 15) is 26.4 Å². The van der Waals surface area contributed by atoms with Crippen LogP contribution in [-0.4, -0.2) is 41.2 Å². The van der Waals surface area contributed by atoms with Crippen molar-refractivity contribution in [2.24, 2.45) is 5.10 Å². The molecule has 1 amide bonds. The lowest BCUT2D eigenvalue weighted by Crippen LogP contribution is -2.39. The average molecular weight is 618 g/mol. The zero-order chi connectivity index (χ0) is 27.4. The van der Waals surface area contributed by atoms with Crippen molar-refractivity contribution in [2.75, 3.05) is 29.8 Å². The standard InChI is InChI=1S/C24H21BrClF3N4O3S/c1-32(2)22-11-8-16(12-20(22)25)14-30-31-23(34)15-33(37(35,36)18-6-4-3-5-7-18)17-9-10-21(26)19(13-17)24(27,28)29/h3-14H,15H2,1-2H3,(H,31,34)/b30-14+. The second kappa shape index (κ2) is 11.5. The average Bonchev–Trinajstić information content (AvgIpc) is 2.82. The molecule has 0 atom stereocenters. The molecule has 0 aliphatic rings. The van der Waals surface area contributed by atoms with E-state index < -0.39 is 39.2 Å². The number of hydrazone groups is 1. The molecule has 0 heterocycles. The van der Waals surface area contributed by atoms with Gasteiger partial charge in [-0.2, -0.15) is 18.3 Å². The quantitative estimate of drug-likeness (QED) is 0.266. The van der Waals surface area contributed by atoms with Gasteiger partial charge in [-0.25, -0.2) is 13.8 Å². The largest absolute Gasteiger partial charge is 0.417 e. The molecule has 37 heavy (non-hydrogen) atoms. The van der Waals surface area contributed by atoms with Gasteiger partial charge in [0.25, 0.3) is 15.9 Å². The second-order valence-electron chi connectivity index (χ2n) is 7.89. The van der Waals surface area contributed by atoms with Crippen LogP contribution in [0.2, 0.25) is 5.02 Å². The van der Waals surface area contributed by atoms with Gasteiger partial charge in [0.2, 0.25) is 0 Å². The molecule has 13 heteroatoms. The van der Waals surface area contributed by atoms with Crippen molar-refractivity contribution in [1.82, 2.24) is 5.43 Å². The van der Waals surface area contributed by atoms with Crippen molar-refractivity contribution in [3.8, 4) is 0 Å². The van der Waals surface area contributed by atoms with Crippen molar-refractivity contribution < 1.29 is 26.4 Å². The first-order valence-electron chi connectivity index (χ1n) is 10.5. The fraction of sp³-hybridized carbons (Fsp3) is 0.167. The van der Waals surface area contributed by atoms with Crippen LogP contribution in [-0.2, 0) is 21.0 Å². The van der Waals surface area contributed by atoms with E-state index in [0.29, 0.717) is 15.9 Å². The highest BCUT2D eigenvalue weighted by molar-refractivity contribution is 9.10. The summed E-state index contributed by atoms with van der Waals surface area (Å²) in [5.41, 5.74) is 2.16. The first-order valence-corrected chi connectivity index (χ1v) is 13.1. The van der Waals surface area contributed by atoms with Crippen molar-refractivity contribution in [1.29, 1.82) is 0 Å². The summed E-state index contributed by atoms with van der Waals surface area (Å²) in [6.45, 7) is -0.837. The van der Waals surface area contributed by atoms with Crippen LogP contribution in [0.15, 0.2) is 81.2 Å².